The summed E-state index contributed by atoms with van der Waals surface area (Å²) >= 11 is 0. The van der Waals surface area contributed by atoms with Crippen molar-refractivity contribution in [1.82, 2.24) is 14.5 Å². The third-order valence-electron chi connectivity index (χ3n) is 5.70. The maximum absolute atomic E-state index is 12.8. The van der Waals surface area contributed by atoms with Crippen LogP contribution < -0.4 is 0 Å². The monoisotopic (exact) mass is 411 g/mol. The molecule has 2 aromatic heterocycles. The first-order valence-electron chi connectivity index (χ1n) is 9.90. The summed E-state index contributed by atoms with van der Waals surface area (Å²) in [6.45, 7) is 3.19. The van der Waals surface area contributed by atoms with Crippen molar-refractivity contribution in [3.05, 3.63) is 71.8 Å². The Morgan fingerprint density at radius 3 is 2.67 bits per heavy atom. The van der Waals surface area contributed by atoms with E-state index >= 15 is 0 Å². The normalized spacial score (nSPS) is 21.5. The molecule has 0 fully saturated rings. The van der Waals surface area contributed by atoms with Crippen LogP contribution in [0.3, 0.4) is 0 Å². The van der Waals surface area contributed by atoms with Gasteiger partial charge in [-0.2, -0.15) is 13.2 Å². The number of hydrogen-bond acceptors (Lipinski definition) is 3. The number of fused-ring (bicyclic) bond motifs is 3. The Balaban J connectivity index is 1.57. The minimum atomic E-state index is -4.45. The molecule has 0 N–H and O–H groups in total. The summed E-state index contributed by atoms with van der Waals surface area (Å²) in [4.78, 5) is 8.31. The molecule has 5 rings (SSSR count). The van der Waals surface area contributed by atoms with E-state index in [0.29, 0.717) is 24.7 Å². The van der Waals surface area contributed by atoms with Crippen LogP contribution in [0.1, 0.15) is 30.9 Å². The molecule has 30 heavy (non-hydrogen) atoms. The molecule has 0 radical (unpaired) electrons. The van der Waals surface area contributed by atoms with Crippen LogP contribution >= 0.6 is 0 Å². The molecule has 0 amide bonds. The van der Waals surface area contributed by atoms with Gasteiger partial charge in [0, 0.05) is 11.8 Å². The molecule has 3 aromatic rings. The number of benzene rings is 1. The molecule has 2 atom stereocenters. The van der Waals surface area contributed by atoms with Crippen LogP contribution in [0, 0.1) is 5.92 Å². The van der Waals surface area contributed by atoms with Crippen LogP contribution in [0.5, 0.6) is 0 Å². The number of alkyl halides is 3. The molecule has 0 spiro atoms. The lowest BCUT2D eigenvalue weighted by molar-refractivity contribution is -0.141. The second-order valence-electron chi connectivity index (χ2n) is 7.84. The van der Waals surface area contributed by atoms with Crippen molar-refractivity contribution in [2.24, 2.45) is 5.92 Å². The summed E-state index contributed by atoms with van der Waals surface area (Å²) in [6, 6.07) is 8.24. The Morgan fingerprint density at radius 2 is 1.97 bits per heavy atom. The van der Waals surface area contributed by atoms with Gasteiger partial charge in [0.15, 0.2) is 0 Å². The fraction of sp³-hybridized carbons (Fsp3) is 0.304. The van der Waals surface area contributed by atoms with Gasteiger partial charge in [-0.3, -0.25) is 4.98 Å². The van der Waals surface area contributed by atoms with Crippen LogP contribution in [0.2, 0.25) is 0 Å². The lowest BCUT2D eigenvalue weighted by Gasteiger charge is -2.29. The van der Waals surface area contributed by atoms with E-state index in [0.717, 1.165) is 34.9 Å². The van der Waals surface area contributed by atoms with Crippen molar-refractivity contribution in [2.75, 3.05) is 6.61 Å². The SMILES string of the molecule is CC1C=CC(C2COCc3nc4ccc(-c5ccc(C(F)(F)F)nc5)cc4n32)=CC1. The minimum absolute atomic E-state index is 0.0310. The van der Waals surface area contributed by atoms with Crippen LogP contribution in [0.15, 0.2) is 60.3 Å². The van der Waals surface area contributed by atoms with Crippen molar-refractivity contribution in [3.8, 4) is 11.1 Å². The zero-order valence-electron chi connectivity index (χ0n) is 16.4. The largest absolute Gasteiger partial charge is 0.433 e. The van der Waals surface area contributed by atoms with E-state index < -0.39 is 11.9 Å². The van der Waals surface area contributed by atoms with Crippen molar-refractivity contribution < 1.29 is 17.9 Å². The maximum Gasteiger partial charge on any atom is 0.433 e. The van der Waals surface area contributed by atoms with E-state index in [1.54, 1.807) is 0 Å². The molecular weight excluding hydrogens is 391 g/mol. The smallest absolute Gasteiger partial charge is 0.371 e. The van der Waals surface area contributed by atoms with Crippen LogP contribution in [0.4, 0.5) is 13.2 Å². The number of rotatable bonds is 2. The summed E-state index contributed by atoms with van der Waals surface area (Å²) in [5.41, 5.74) is 3.54. The van der Waals surface area contributed by atoms with Crippen molar-refractivity contribution in [3.63, 3.8) is 0 Å². The number of pyridine rings is 1. The van der Waals surface area contributed by atoms with E-state index in [9.17, 15) is 13.2 Å². The highest BCUT2D eigenvalue weighted by Crippen LogP contribution is 2.35. The van der Waals surface area contributed by atoms with Crippen molar-refractivity contribution in [2.45, 2.75) is 32.2 Å². The first kappa shape index (κ1) is 19.1. The molecule has 4 nitrogen and oxygen atoms in total. The van der Waals surface area contributed by atoms with E-state index in [1.807, 2.05) is 18.2 Å². The Hall–Kier alpha value is -2.93. The fourth-order valence-corrected chi connectivity index (χ4v) is 4.08. The van der Waals surface area contributed by atoms with Gasteiger partial charge < -0.3 is 9.30 Å². The summed E-state index contributed by atoms with van der Waals surface area (Å²) < 4.78 is 46.5. The van der Waals surface area contributed by atoms with Gasteiger partial charge in [-0.25, -0.2) is 4.98 Å². The number of halogens is 3. The Bertz CT molecular complexity index is 1160. The van der Waals surface area contributed by atoms with Gasteiger partial charge in [0.2, 0.25) is 0 Å². The van der Waals surface area contributed by atoms with E-state index in [1.165, 1.54) is 17.8 Å². The molecule has 1 aromatic carbocycles. The fourth-order valence-electron chi connectivity index (χ4n) is 4.08. The molecule has 1 aliphatic carbocycles. The highest BCUT2D eigenvalue weighted by Gasteiger charge is 2.32. The summed E-state index contributed by atoms with van der Waals surface area (Å²) in [5, 5.41) is 0. The molecule has 0 bridgehead atoms. The summed E-state index contributed by atoms with van der Waals surface area (Å²) in [7, 11) is 0. The quantitative estimate of drug-likeness (QED) is 0.542. The molecule has 7 heteroatoms. The van der Waals surface area contributed by atoms with Gasteiger partial charge in [-0.15, -0.1) is 0 Å². The zero-order chi connectivity index (χ0) is 20.9. The van der Waals surface area contributed by atoms with Crippen molar-refractivity contribution >= 4 is 11.0 Å². The van der Waals surface area contributed by atoms with Crippen LogP contribution in [-0.2, 0) is 17.5 Å². The molecule has 3 heterocycles. The molecule has 2 unspecified atom stereocenters. The number of ether oxygens (including phenoxy) is 1. The summed E-state index contributed by atoms with van der Waals surface area (Å²) in [5.74, 6) is 1.38. The van der Waals surface area contributed by atoms with Gasteiger partial charge in [0.05, 0.1) is 23.7 Å². The van der Waals surface area contributed by atoms with E-state index in [2.05, 4.69) is 34.7 Å². The Morgan fingerprint density at radius 1 is 1.13 bits per heavy atom. The van der Waals surface area contributed by atoms with Crippen LogP contribution in [0.25, 0.3) is 22.2 Å². The highest BCUT2D eigenvalue weighted by atomic mass is 19.4. The first-order valence-corrected chi connectivity index (χ1v) is 9.90. The lowest BCUT2D eigenvalue weighted by atomic mass is 9.94. The maximum atomic E-state index is 12.8. The minimum Gasteiger partial charge on any atom is -0.371 e. The first-order chi connectivity index (χ1) is 14.4. The number of hydrogen-bond donors (Lipinski definition) is 0. The highest BCUT2D eigenvalue weighted by molar-refractivity contribution is 5.83. The van der Waals surface area contributed by atoms with Crippen LogP contribution in [-0.4, -0.2) is 21.1 Å². The second kappa shape index (κ2) is 7.09. The average Bonchev–Trinajstić information content (AvgIpc) is 3.12. The molecule has 2 aliphatic rings. The molecule has 0 saturated carbocycles. The van der Waals surface area contributed by atoms with E-state index in [4.69, 9.17) is 9.72 Å². The Kier molecular flexibility index (Phi) is 4.50. The van der Waals surface area contributed by atoms with Crippen molar-refractivity contribution in [1.29, 1.82) is 0 Å². The number of imidazole rings is 1. The number of nitrogens with zero attached hydrogens (tertiary/aromatic N) is 3. The molecule has 1 aliphatic heterocycles. The third-order valence-corrected chi connectivity index (χ3v) is 5.70. The predicted octanol–water partition coefficient (Wildman–Crippen LogP) is 5.71. The lowest BCUT2D eigenvalue weighted by Crippen LogP contribution is -2.25. The predicted molar refractivity (Wildman–Crippen MR) is 108 cm³/mol. The molecular formula is C23H20F3N3O. The van der Waals surface area contributed by atoms with Gasteiger partial charge in [-0.1, -0.05) is 37.3 Å². The van der Waals surface area contributed by atoms with Gasteiger partial charge in [0.1, 0.15) is 18.1 Å². The van der Waals surface area contributed by atoms with Gasteiger partial charge >= 0.3 is 6.18 Å². The van der Waals surface area contributed by atoms with Gasteiger partial charge in [-0.05, 0) is 41.7 Å². The van der Waals surface area contributed by atoms with E-state index in [-0.39, 0.29) is 6.04 Å². The molecule has 0 saturated heterocycles. The van der Waals surface area contributed by atoms with Gasteiger partial charge in [0.25, 0.3) is 0 Å². The molecule has 154 valence electrons. The summed E-state index contributed by atoms with van der Waals surface area (Å²) in [6.07, 6.45) is 4.44. The third kappa shape index (κ3) is 3.33. The number of allylic oxidation sites excluding steroid dienone is 3. The average molecular weight is 411 g/mol. The topological polar surface area (TPSA) is 39.9 Å². The Labute approximate surface area is 171 Å². The standard InChI is InChI=1S/C23H20F3N3O/c1-14-2-4-15(5-3-14)20-12-30-13-22-28-18-8-6-16(10-19(18)29(20)22)17-7-9-21(27-11-17)23(24,25)26/h2,4-11,14,20H,3,12-13H2,1H3. The number of aromatic nitrogens is 3. The second-order valence-corrected chi connectivity index (χ2v) is 7.84. The zero-order valence-corrected chi connectivity index (χ0v) is 16.4.